The zero-order valence-corrected chi connectivity index (χ0v) is 19.1. The van der Waals surface area contributed by atoms with E-state index in [1.807, 2.05) is 29.2 Å². The zero-order valence-electron chi connectivity index (χ0n) is 17.6. The van der Waals surface area contributed by atoms with Crippen LogP contribution < -0.4 is 5.32 Å². The number of carbonyl (C=O) groups excluding carboxylic acids is 2. The second-order valence-electron chi connectivity index (χ2n) is 8.09. The number of nitrogens with one attached hydrogen (secondary N) is 1. The number of halogens is 1. The van der Waals surface area contributed by atoms with Crippen molar-refractivity contribution in [2.24, 2.45) is 0 Å². The van der Waals surface area contributed by atoms with Crippen LogP contribution in [0.4, 0.5) is 5.13 Å². The lowest BCUT2D eigenvalue weighted by Gasteiger charge is -2.34. The number of anilines is 1. The van der Waals surface area contributed by atoms with E-state index in [2.05, 4.69) is 20.1 Å². The summed E-state index contributed by atoms with van der Waals surface area (Å²) in [6.45, 7) is 5.83. The Labute approximate surface area is 192 Å². The number of likely N-dealkylation sites (tertiary alicyclic amines) is 1. The molecule has 0 bridgehead atoms. The third-order valence-corrected chi connectivity index (χ3v) is 7.05. The van der Waals surface area contributed by atoms with Gasteiger partial charge in [-0.15, -0.1) is 11.3 Å². The predicted octanol–water partition coefficient (Wildman–Crippen LogP) is 2.57. The van der Waals surface area contributed by atoms with Gasteiger partial charge in [0.1, 0.15) is 0 Å². The Kier molecular flexibility index (Phi) is 7.55. The minimum absolute atomic E-state index is 0.0553. The summed E-state index contributed by atoms with van der Waals surface area (Å²) in [7, 11) is 0. The highest BCUT2D eigenvalue weighted by molar-refractivity contribution is 7.15. The third-order valence-electron chi connectivity index (χ3n) is 5.77. The Balaban J connectivity index is 1.19. The number of rotatable bonds is 7. The van der Waals surface area contributed by atoms with E-state index in [4.69, 9.17) is 11.6 Å². The molecule has 2 fully saturated rings. The molecule has 31 heavy (non-hydrogen) atoms. The standard InChI is InChI=1S/C22H28ClN5O2S/c23-19-6-2-1-5-17(19)13-18-14-24-22(31-18)25-20(29)15-26-9-11-27(12-10-26)16-21(30)28-7-3-4-8-28/h1-2,5-6,14H,3-4,7-13,15-16H2,(H,24,25,29). The fraction of sp³-hybridized carbons (Fsp3) is 0.500. The molecule has 2 aromatic rings. The van der Waals surface area contributed by atoms with Crippen molar-refractivity contribution in [3.63, 3.8) is 0 Å². The van der Waals surface area contributed by atoms with Gasteiger partial charge in [0.15, 0.2) is 5.13 Å². The summed E-state index contributed by atoms with van der Waals surface area (Å²) in [6, 6.07) is 7.75. The van der Waals surface area contributed by atoms with E-state index < -0.39 is 0 Å². The smallest absolute Gasteiger partial charge is 0.240 e. The summed E-state index contributed by atoms with van der Waals surface area (Å²) >= 11 is 7.70. The van der Waals surface area contributed by atoms with Crippen LogP contribution in [0.15, 0.2) is 30.5 Å². The van der Waals surface area contributed by atoms with Crippen LogP contribution in [0, 0.1) is 0 Å². The molecule has 0 spiro atoms. The van der Waals surface area contributed by atoms with E-state index in [1.54, 1.807) is 6.20 Å². The molecule has 0 unspecified atom stereocenters. The molecule has 9 heteroatoms. The van der Waals surface area contributed by atoms with Gasteiger partial charge in [-0.1, -0.05) is 29.8 Å². The highest BCUT2D eigenvalue weighted by Gasteiger charge is 2.24. The quantitative estimate of drug-likeness (QED) is 0.686. The highest BCUT2D eigenvalue weighted by Crippen LogP contribution is 2.24. The number of hydrogen-bond donors (Lipinski definition) is 1. The van der Waals surface area contributed by atoms with Crippen molar-refractivity contribution in [2.75, 3.05) is 57.7 Å². The number of hydrogen-bond acceptors (Lipinski definition) is 6. The van der Waals surface area contributed by atoms with Gasteiger partial charge in [0.25, 0.3) is 0 Å². The molecular formula is C22H28ClN5O2S. The van der Waals surface area contributed by atoms with Crippen LogP contribution in [0.3, 0.4) is 0 Å². The lowest BCUT2D eigenvalue weighted by Crippen LogP contribution is -2.51. The Hall–Kier alpha value is -2.00. The largest absolute Gasteiger partial charge is 0.342 e. The van der Waals surface area contributed by atoms with Crippen molar-refractivity contribution < 1.29 is 9.59 Å². The Morgan fingerprint density at radius 3 is 2.39 bits per heavy atom. The first kappa shape index (κ1) is 22.2. The van der Waals surface area contributed by atoms with Crippen LogP contribution in [-0.2, 0) is 16.0 Å². The van der Waals surface area contributed by atoms with Crippen molar-refractivity contribution in [3.05, 3.63) is 45.9 Å². The Morgan fingerprint density at radius 1 is 1.00 bits per heavy atom. The molecule has 7 nitrogen and oxygen atoms in total. The van der Waals surface area contributed by atoms with Gasteiger partial charge in [0, 0.05) is 61.8 Å². The molecule has 1 aromatic carbocycles. The van der Waals surface area contributed by atoms with E-state index in [0.29, 0.717) is 24.6 Å². The molecule has 166 valence electrons. The van der Waals surface area contributed by atoms with Gasteiger partial charge in [-0.2, -0.15) is 0 Å². The molecule has 2 amide bonds. The van der Waals surface area contributed by atoms with Crippen molar-refractivity contribution in [3.8, 4) is 0 Å². The van der Waals surface area contributed by atoms with Gasteiger partial charge >= 0.3 is 0 Å². The highest BCUT2D eigenvalue weighted by atomic mass is 35.5. The summed E-state index contributed by atoms with van der Waals surface area (Å²) < 4.78 is 0. The van der Waals surface area contributed by atoms with E-state index in [1.165, 1.54) is 11.3 Å². The summed E-state index contributed by atoms with van der Waals surface area (Å²) in [4.78, 5) is 36.4. The minimum atomic E-state index is -0.0553. The van der Waals surface area contributed by atoms with Gasteiger partial charge in [0.2, 0.25) is 11.8 Å². The first-order valence-electron chi connectivity index (χ1n) is 10.8. The Morgan fingerprint density at radius 2 is 1.68 bits per heavy atom. The van der Waals surface area contributed by atoms with Crippen LogP contribution in [-0.4, -0.2) is 83.9 Å². The summed E-state index contributed by atoms with van der Waals surface area (Å²) in [5, 5.41) is 4.26. The van der Waals surface area contributed by atoms with Gasteiger partial charge in [-0.3, -0.25) is 19.4 Å². The molecule has 0 radical (unpaired) electrons. The van der Waals surface area contributed by atoms with E-state index in [-0.39, 0.29) is 11.8 Å². The first-order chi connectivity index (χ1) is 15.1. The first-order valence-corrected chi connectivity index (χ1v) is 12.0. The average Bonchev–Trinajstić information content (AvgIpc) is 3.44. The Bertz CT molecular complexity index is 907. The molecule has 2 aliphatic rings. The number of aromatic nitrogens is 1. The zero-order chi connectivity index (χ0) is 21.6. The number of thiazole rings is 1. The van der Waals surface area contributed by atoms with E-state index in [9.17, 15) is 9.59 Å². The van der Waals surface area contributed by atoms with Gasteiger partial charge in [-0.25, -0.2) is 4.98 Å². The van der Waals surface area contributed by atoms with Gasteiger partial charge in [-0.05, 0) is 24.5 Å². The van der Waals surface area contributed by atoms with Crippen molar-refractivity contribution >= 4 is 39.9 Å². The molecule has 2 saturated heterocycles. The van der Waals surface area contributed by atoms with Crippen LogP contribution in [0.5, 0.6) is 0 Å². The van der Waals surface area contributed by atoms with Crippen molar-refractivity contribution in [1.82, 2.24) is 19.7 Å². The van der Waals surface area contributed by atoms with Crippen LogP contribution in [0.2, 0.25) is 5.02 Å². The van der Waals surface area contributed by atoms with E-state index in [0.717, 1.165) is 67.6 Å². The van der Waals surface area contributed by atoms with Crippen LogP contribution >= 0.6 is 22.9 Å². The number of amides is 2. The summed E-state index contributed by atoms with van der Waals surface area (Å²) in [5.74, 6) is 0.181. The third kappa shape index (κ3) is 6.26. The van der Waals surface area contributed by atoms with E-state index >= 15 is 0 Å². The average molecular weight is 462 g/mol. The second kappa shape index (κ2) is 10.5. The van der Waals surface area contributed by atoms with Crippen molar-refractivity contribution in [2.45, 2.75) is 19.3 Å². The second-order valence-corrected chi connectivity index (χ2v) is 9.61. The topological polar surface area (TPSA) is 68.8 Å². The molecule has 2 aliphatic heterocycles. The maximum atomic E-state index is 12.5. The lowest BCUT2D eigenvalue weighted by atomic mass is 10.1. The van der Waals surface area contributed by atoms with Crippen LogP contribution in [0.1, 0.15) is 23.3 Å². The predicted molar refractivity (Wildman–Crippen MR) is 124 cm³/mol. The number of nitrogens with zero attached hydrogens (tertiary/aromatic N) is 4. The maximum absolute atomic E-state index is 12.5. The van der Waals surface area contributed by atoms with Gasteiger partial charge in [0.05, 0.1) is 13.1 Å². The lowest BCUT2D eigenvalue weighted by molar-refractivity contribution is -0.132. The SMILES string of the molecule is O=C(CN1CCN(CC(=O)N2CCCC2)CC1)Nc1ncc(Cc2ccccc2Cl)s1. The molecule has 1 N–H and O–H groups in total. The summed E-state index contributed by atoms with van der Waals surface area (Å²) in [6.07, 6.45) is 4.73. The molecule has 0 saturated carbocycles. The molecule has 4 rings (SSSR count). The number of carbonyl (C=O) groups is 2. The monoisotopic (exact) mass is 461 g/mol. The fourth-order valence-electron chi connectivity index (χ4n) is 4.00. The van der Waals surface area contributed by atoms with Crippen molar-refractivity contribution in [1.29, 1.82) is 0 Å². The normalized spacial score (nSPS) is 17.8. The number of benzene rings is 1. The maximum Gasteiger partial charge on any atom is 0.240 e. The minimum Gasteiger partial charge on any atom is -0.342 e. The molecular weight excluding hydrogens is 434 g/mol. The van der Waals surface area contributed by atoms with Crippen LogP contribution in [0.25, 0.3) is 0 Å². The van der Waals surface area contributed by atoms with Gasteiger partial charge < -0.3 is 10.2 Å². The molecule has 3 heterocycles. The molecule has 0 aliphatic carbocycles. The number of piperazine rings is 1. The molecule has 1 aromatic heterocycles. The molecule has 0 atom stereocenters. The summed E-state index contributed by atoms with van der Waals surface area (Å²) in [5.41, 5.74) is 1.05. The fourth-order valence-corrected chi connectivity index (χ4v) is 5.06.